The van der Waals surface area contributed by atoms with Gasteiger partial charge in [0.15, 0.2) is 0 Å². The van der Waals surface area contributed by atoms with E-state index in [2.05, 4.69) is 4.40 Å². The van der Waals surface area contributed by atoms with Gasteiger partial charge in [-0.25, -0.2) is 9.37 Å². The largest absolute Gasteiger partial charge is 0.591 e. The predicted octanol–water partition coefficient (Wildman–Crippen LogP) is 4.38. The number of hydrogen-bond donors (Lipinski definition) is 0. The maximum Gasteiger partial charge on any atom is 0.261 e. The summed E-state index contributed by atoms with van der Waals surface area (Å²) in [5, 5.41) is 0.229. The molecule has 2 aliphatic rings. The highest BCUT2D eigenvalue weighted by Gasteiger charge is 2.33. The monoisotopic (exact) mass is 433 g/mol. The molecule has 2 aromatic rings. The molecule has 1 unspecified atom stereocenters. The standard InChI is InChI=1S/C22H28FN3O3S/c1-13(25-30(28)22(2,3)4)16-11-14(23)12-17-19(16)24-20(18-7-5-6-10-29-18)26(21(17)27)15-8-9-15/h11-12,15,18H,5-10H2,1-4H3/t18-,30?/m1/s1. The zero-order valence-electron chi connectivity index (χ0n) is 17.9. The number of nitrogens with zero attached hydrogens (tertiary/aromatic N) is 3. The summed E-state index contributed by atoms with van der Waals surface area (Å²) in [6.07, 6.45) is 4.42. The average Bonchev–Trinajstić information content (AvgIpc) is 3.52. The molecular weight excluding hydrogens is 405 g/mol. The van der Waals surface area contributed by atoms with Crippen LogP contribution in [0.1, 0.15) is 83.3 Å². The van der Waals surface area contributed by atoms with Gasteiger partial charge in [-0.3, -0.25) is 9.36 Å². The minimum absolute atomic E-state index is 0.102. The molecule has 6 nitrogen and oxygen atoms in total. The Morgan fingerprint density at radius 3 is 2.63 bits per heavy atom. The second-order valence-electron chi connectivity index (χ2n) is 9.12. The molecule has 2 fully saturated rings. The van der Waals surface area contributed by atoms with E-state index in [-0.39, 0.29) is 23.1 Å². The summed E-state index contributed by atoms with van der Waals surface area (Å²) < 4.78 is 38.4. The molecule has 0 bridgehead atoms. The third kappa shape index (κ3) is 4.18. The van der Waals surface area contributed by atoms with Crippen molar-refractivity contribution in [3.05, 3.63) is 39.7 Å². The van der Waals surface area contributed by atoms with Gasteiger partial charge in [-0.2, -0.15) is 0 Å². The molecule has 0 spiro atoms. The summed E-state index contributed by atoms with van der Waals surface area (Å²) in [5.41, 5.74) is 0.964. The molecule has 1 aromatic heterocycles. The van der Waals surface area contributed by atoms with Crippen molar-refractivity contribution in [2.24, 2.45) is 4.40 Å². The first kappa shape index (κ1) is 21.5. The number of ether oxygens (including phenoxy) is 1. The lowest BCUT2D eigenvalue weighted by atomic mass is 10.0. The van der Waals surface area contributed by atoms with Crippen molar-refractivity contribution in [3.8, 4) is 0 Å². The number of benzene rings is 1. The molecule has 2 atom stereocenters. The fourth-order valence-corrected chi connectivity index (χ4v) is 4.35. The first-order valence-electron chi connectivity index (χ1n) is 10.5. The molecule has 1 saturated carbocycles. The van der Waals surface area contributed by atoms with Crippen LogP contribution in [0.5, 0.6) is 0 Å². The number of halogens is 1. The van der Waals surface area contributed by atoms with Gasteiger partial charge in [0.1, 0.15) is 33.9 Å². The number of rotatable bonds is 4. The van der Waals surface area contributed by atoms with Crippen LogP contribution in [0.2, 0.25) is 0 Å². The van der Waals surface area contributed by atoms with Crippen LogP contribution in [0.4, 0.5) is 4.39 Å². The Hall–Kier alpha value is -1.77. The number of hydrogen-bond acceptors (Lipinski definition) is 5. The van der Waals surface area contributed by atoms with Crippen molar-refractivity contribution in [2.45, 2.75) is 76.7 Å². The third-order valence-corrected chi connectivity index (χ3v) is 7.00. The first-order valence-corrected chi connectivity index (χ1v) is 11.6. The second-order valence-corrected chi connectivity index (χ2v) is 11.0. The summed E-state index contributed by atoms with van der Waals surface area (Å²) in [6.45, 7) is 7.81. The highest BCUT2D eigenvalue weighted by atomic mass is 32.2. The molecule has 1 aliphatic heterocycles. The Morgan fingerprint density at radius 1 is 1.30 bits per heavy atom. The Labute approximate surface area is 178 Å². The van der Waals surface area contributed by atoms with Gasteiger partial charge in [-0.05, 0) is 71.9 Å². The molecule has 162 valence electrons. The van der Waals surface area contributed by atoms with Crippen molar-refractivity contribution in [2.75, 3.05) is 6.61 Å². The molecule has 2 heterocycles. The Bertz CT molecular complexity index is 1050. The van der Waals surface area contributed by atoms with E-state index in [0.29, 0.717) is 29.2 Å². The van der Waals surface area contributed by atoms with Gasteiger partial charge in [0.2, 0.25) is 0 Å². The highest BCUT2D eigenvalue weighted by molar-refractivity contribution is 7.91. The highest BCUT2D eigenvalue weighted by Crippen LogP contribution is 2.38. The molecule has 0 N–H and O–H groups in total. The van der Waals surface area contributed by atoms with Crippen molar-refractivity contribution in [1.29, 1.82) is 0 Å². The van der Waals surface area contributed by atoms with Crippen LogP contribution in [0, 0.1) is 5.82 Å². The van der Waals surface area contributed by atoms with E-state index in [0.717, 1.165) is 32.1 Å². The summed E-state index contributed by atoms with van der Waals surface area (Å²) >= 11 is -1.50. The van der Waals surface area contributed by atoms with Crippen LogP contribution >= 0.6 is 0 Å². The molecule has 1 aliphatic carbocycles. The van der Waals surface area contributed by atoms with Crippen LogP contribution in [0.3, 0.4) is 0 Å². The fraction of sp³-hybridized carbons (Fsp3) is 0.591. The van der Waals surface area contributed by atoms with E-state index in [1.54, 1.807) is 11.5 Å². The maximum absolute atomic E-state index is 14.5. The zero-order valence-corrected chi connectivity index (χ0v) is 18.7. The summed E-state index contributed by atoms with van der Waals surface area (Å²) in [6, 6.07) is 2.66. The van der Waals surface area contributed by atoms with Gasteiger partial charge in [-0.15, -0.1) is 0 Å². The van der Waals surface area contributed by atoms with Crippen LogP contribution in [-0.4, -0.2) is 31.2 Å². The smallest absolute Gasteiger partial charge is 0.261 e. The topological polar surface area (TPSA) is 79.5 Å². The molecular formula is C22H28FN3O3S. The lowest BCUT2D eigenvalue weighted by Gasteiger charge is -2.25. The average molecular weight is 434 g/mol. The molecule has 1 saturated heterocycles. The molecule has 0 amide bonds. The Balaban J connectivity index is 1.93. The van der Waals surface area contributed by atoms with E-state index in [1.165, 1.54) is 12.1 Å². The maximum atomic E-state index is 14.5. The van der Waals surface area contributed by atoms with Crippen molar-refractivity contribution in [1.82, 2.24) is 9.55 Å². The summed E-state index contributed by atoms with van der Waals surface area (Å²) in [5.74, 6) is 0.0869. The first-order chi connectivity index (χ1) is 14.2. The molecule has 0 radical (unpaired) electrons. The number of aromatic nitrogens is 2. The minimum atomic E-state index is -1.50. The molecule has 30 heavy (non-hydrogen) atoms. The normalized spacial score (nSPS) is 21.8. The second kappa shape index (κ2) is 8.05. The van der Waals surface area contributed by atoms with Crippen molar-refractivity contribution < 1.29 is 13.7 Å². The lowest BCUT2D eigenvalue weighted by Crippen LogP contribution is -2.29. The van der Waals surface area contributed by atoms with Gasteiger partial charge in [-0.1, -0.05) is 4.40 Å². The van der Waals surface area contributed by atoms with Gasteiger partial charge in [0, 0.05) is 18.2 Å². The Morgan fingerprint density at radius 2 is 2.03 bits per heavy atom. The van der Waals surface area contributed by atoms with Crippen LogP contribution in [-0.2, 0) is 16.1 Å². The fourth-order valence-electron chi connectivity index (χ4n) is 3.73. The van der Waals surface area contributed by atoms with Crippen LogP contribution in [0.15, 0.2) is 21.3 Å². The number of fused-ring (bicyclic) bond motifs is 1. The molecule has 8 heteroatoms. The van der Waals surface area contributed by atoms with Gasteiger partial charge < -0.3 is 9.29 Å². The van der Waals surface area contributed by atoms with E-state index in [9.17, 15) is 13.7 Å². The van der Waals surface area contributed by atoms with E-state index < -0.39 is 21.9 Å². The van der Waals surface area contributed by atoms with E-state index >= 15 is 0 Å². The summed E-state index contributed by atoms with van der Waals surface area (Å²) in [4.78, 5) is 18.2. The van der Waals surface area contributed by atoms with Crippen LogP contribution in [0.25, 0.3) is 10.9 Å². The predicted molar refractivity (Wildman–Crippen MR) is 117 cm³/mol. The van der Waals surface area contributed by atoms with Crippen molar-refractivity contribution >= 4 is 28.0 Å². The van der Waals surface area contributed by atoms with Gasteiger partial charge in [0.05, 0.1) is 16.6 Å². The van der Waals surface area contributed by atoms with Gasteiger partial charge in [0.25, 0.3) is 5.56 Å². The third-order valence-electron chi connectivity index (χ3n) is 5.51. The minimum Gasteiger partial charge on any atom is -0.591 e. The van der Waals surface area contributed by atoms with Crippen molar-refractivity contribution in [3.63, 3.8) is 0 Å². The van der Waals surface area contributed by atoms with E-state index in [4.69, 9.17) is 9.72 Å². The quantitative estimate of drug-likeness (QED) is 0.529. The SMILES string of the molecule is CC(=N[S+]([O-])C(C)(C)C)c1cc(F)cc2c(=O)n(C3CC3)c([C@H]3CCCCO3)nc12. The lowest BCUT2D eigenvalue weighted by molar-refractivity contribution is 0.00660. The van der Waals surface area contributed by atoms with Gasteiger partial charge >= 0.3 is 0 Å². The zero-order chi connectivity index (χ0) is 21.6. The Kier molecular flexibility index (Phi) is 5.76. The summed E-state index contributed by atoms with van der Waals surface area (Å²) in [7, 11) is 0. The van der Waals surface area contributed by atoms with E-state index in [1.807, 2.05) is 20.8 Å². The molecule has 4 rings (SSSR count). The molecule has 1 aromatic carbocycles. The van der Waals surface area contributed by atoms with Crippen LogP contribution < -0.4 is 5.56 Å².